The molecule has 0 spiro atoms. The molecule has 0 aromatic heterocycles. The Morgan fingerprint density at radius 3 is 2.28 bits per heavy atom. The van der Waals surface area contributed by atoms with Crippen LogP contribution in [0.1, 0.15) is 17.3 Å². The second kappa shape index (κ2) is 8.19. The minimum absolute atomic E-state index is 0.0660. The van der Waals surface area contributed by atoms with Crippen molar-refractivity contribution in [3.63, 3.8) is 0 Å². The monoisotopic (exact) mass is 342 g/mol. The van der Waals surface area contributed by atoms with Gasteiger partial charge in [-0.05, 0) is 49.4 Å². The summed E-state index contributed by atoms with van der Waals surface area (Å²) in [7, 11) is 5.39. The van der Waals surface area contributed by atoms with Crippen LogP contribution in [0.4, 0.5) is 11.4 Å². The highest BCUT2D eigenvalue weighted by Gasteiger charge is 2.10. The molecule has 1 amide bonds. The van der Waals surface area contributed by atoms with E-state index in [2.05, 4.69) is 5.32 Å². The lowest BCUT2D eigenvalue weighted by molar-refractivity contribution is -0.118. The summed E-state index contributed by atoms with van der Waals surface area (Å²) in [5.74, 6) is 0.473. The third kappa shape index (κ3) is 4.97. The van der Waals surface area contributed by atoms with Gasteiger partial charge in [0.2, 0.25) is 0 Å². The van der Waals surface area contributed by atoms with E-state index in [1.54, 1.807) is 18.2 Å². The van der Waals surface area contributed by atoms with Gasteiger partial charge in [0.15, 0.2) is 23.9 Å². The van der Waals surface area contributed by atoms with Crippen LogP contribution in [-0.2, 0) is 4.79 Å². The van der Waals surface area contributed by atoms with Crippen LogP contribution in [0.5, 0.6) is 11.5 Å². The van der Waals surface area contributed by atoms with Crippen LogP contribution in [-0.4, -0.2) is 39.5 Å². The van der Waals surface area contributed by atoms with Crippen LogP contribution in [0.3, 0.4) is 0 Å². The number of methoxy groups -OCH3 is 1. The van der Waals surface area contributed by atoms with E-state index in [4.69, 9.17) is 9.47 Å². The molecule has 0 aliphatic rings. The molecule has 0 aliphatic heterocycles. The fraction of sp³-hybridized carbons (Fsp3) is 0.263. The van der Waals surface area contributed by atoms with Crippen molar-refractivity contribution in [1.29, 1.82) is 0 Å². The van der Waals surface area contributed by atoms with Crippen LogP contribution in [0, 0.1) is 0 Å². The number of ketones is 1. The topological polar surface area (TPSA) is 67.9 Å². The van der Waals surface area contributed by atoms with Gasteiger partial charge in [-0.15, -0.1) is 0 Å². The molecule has 0 radical (unpaired) electrons. The number of nitrogens with zero attached hydrogens (tertiary/aromatic N) is 1. The van der Waals surface area contributed by atoms with Crippen LogP contribution in [0.25, 0.3) is 0 Å². The fourth-order valence-electron chi connectivity index (χ4n) is 2.19. The molecule has 0 saturated carbocycles. The van der Waals surface area contributed by atoms with E-state index >= 15 is 0 Å². The van der Waals surface area contributed by atoms with Crippen LogP contribution < -0.4 is 19.7 Å². The molecule has 0 aliphatic carbocycles. The fourth-order valence-corrected chi connectivity index (χ4v) is 2.19. The predicted octanol–water partition coefficient (Wildman–Crippen LogP) is 2.98. The summed E-state index contributed by atoms with van der Waals surface area (Å²) in [4.78, 5) is 25.4. The number of amides is 1. The van der Waals surface area contributed by atoms with Crippen LogP contribution in [0.15, 0.2) is 42.5 Å². The number of carbonyl (C=O) groups excluding carboxylic acids is 2. The molecule has 0 bridgehead atoms. The maximum atomic E-state index is 12.0. The van der Waals surface area contributed by atoms with Crippen molar-refractivity contribution in [2.75, 3.05) is 38.0 Å². The molecule has 2 rings (SSSR count). The zero-order valence-corrected chi connectivity index (χ0v) is 14.8. The Morgan fingerprint density at radius 1 is 1.04 bits per heavy atom. The summed E-state index contributed by atoms with van der Waals surface area (Å²) in [6.07, 6.45) is 0. The number of anilines is 2. The maximum Gasteiger partial charge on any atom is 0.262 e. The van der Waals surface area contributed by atoms with E-state index in [-0.39, 0.29) is 18.3 Å². The van der Waals surface area contributed by atoms with E-state index < -0.39 is 0 Å². The number of carbonyl (C=O) groups is 2. The first-order valence-electron chi connectivity index (χ1n) is 7.79. The first kappa shape index (κ1) is 18.3. The van der Waals surface area contributed by atoms with Gasteiger partial charge >= 0.3 is 0 Å². The Kier molecular flexibility index (Phi) is 6.00. The number of benzene rings is 2. The summed E-state index contributed by atoms with van der Waals surface area (Å²) >= 11 is 0. The van der Waals surface area contributed by atoms with Gasteiger partial charge in [-0.25, -0.2) is 0 Å². The molecule has 25 heavy (non-hydrogen) atoms. The summed E-state index contributed by atoms with van der Waals surface area (Å²) in [5.41, 5.74) is 2.26. The highest BCUT2D eigenvalue weighted by molar-refractivity contribution is 5.95. The van der Waals surface area contributed by atoms with Crippen molar-refractivity contribution in [3.8, 4) is 11.5 Å². The largest absolute Gasteiger partial charge is 0.493 e. The van der Waals surface area contributed by atoms with E-state index in [1.165, 1.54) is 14.0 Å². The zero-order valence-electron chi connectivity index (χ0n) is 14.8. The Balaban J connectivity index is 1.96. The average Bonchev–Trinajstić information content (AvgIpc) is 2.60. The van der Waals surface area contributed by atoms with Gasteiger partial charge < -0.3 is 19.7 Å². The van der Waals surface area contributed by atoms with E-state index in [0.717, 1.165) is 5.69 Å². The van der Waals surface area contributed by atoms with Gasteiger partial charge in [-0.2, -0.15) is 0 Å². The van der Waals surface area contributed by atoms with Gasteiger partial charge in [0.25, 0.3) is 5.91 Å². The number of rotatable bonds is 7. The van der Waals surface area contributed by atoms with Gasteiger partial charge in [-0.3, -0.25) is 9.59 Å². The number of Topliss-reactive ketones (excluding diaryl/α,β-unsaturated/α-hetero) is 1. The smallest absolute Gasteiger partial charge is 0.262 e. The molecule has 0 atom stereocenters. The Hall–Kier alpha value is -3.02. The molecule has 0 heterocycles. The Labute approximate surface area is 147 Å². The van der Waals surface area contributed by atoms with Crippen molar-refractivity contribution in [2.45, 2.75) is 6.92 Å². The molecule has 0 fully saturated rings. The Bertz CT molecular complexity index is 755. The second-order valence-electron chi connectivity index (χ2n) is 5.70. The quantitative estimate of drug-likeness (QED) is 0.784. The molecule has 0 saturated heterocycles. The molecule has 2 aromatic carbocycles. The maximum absolute atomic E-state index is 12.0. The number of hydrogen-bond acceptors (Lipinski definition) is 5. The molecule has 6 heteroatoms. The van der Waals surface area contributed by atoms with E-state index in [0.29, 0.717) is 22.7 Å². The third-order valence-electron chi connectivity index (χ3n) is 3.60. The summed E-state index contributed by atoms with van der Waals surface area (Å²) in [5, 5.41) is 2.77. The van der Waals surface area contributed by atoms with Crippen LogP contribution in [0.2, 0.25) is 0 Å². The van der Waals surface area contributed by atoms with Crippen molar-refractivity contribution in [1.82, 2.24) is 0 Å². The average molecular weight is 342 g/mol. The SMILES string of the molecule is COc1cc(C(C)=O)ccc1OCC(=O)Nc1ccc(N(C)C)cc1. The lowest BCUT2D eigenvalue weighted by Gasteiger charge is -2.14. The summed E-state index contributed by atoms with van der Waals surface area (Å²) in [6, 6.07) is 12.3. The molecule has 132 valence electrons. The van der Waals surface area contributed by atoms with Crippen molar-refractivity contribution >= 4 is 23.1 Å². The van der Waals surface area contributed by atoms with Gasteiger partial charge in [0.1, 0.15) is 0 Å². The molecule has 2 aromatic rings. The lowest BCUT2D eigenvalue weighted by atomic mass is 10.1. The molecular weight excluding hydrogens is 320 g/mol. The molecular formula is C19H22N2O4. The highest BCUT2D eigenvalue weighted by Crippen LogP contribution is 2.28. The predicted molar refractivity (Wildman–Crippen MR) is 97.9 cm³/mol. The number of hydrogen-bond donors (Lipinski definition) is 1. The van der Waals surface area contributed by atoms with Crippen molar-refractivity contribution < 1.29 is 19.1 Å². The van der Waals surface area contributed by atoms with Gasteiger partial charge in [0, 0.05) is 31.0 Å². The minimum Gasteiger partial charge on any atom is -0.493 e. The second-order valence-corrected chi connectivity index (χ2v) is 5.70. The number of ether oxygens (including phenoxy) is 2. The Morgan fingerprint density at radius 2 is 1.72 bits per heavy atom. The third-order valence-corrected chi connectivity index (χ3v) is 3.60. The first-order chi connectivity index (χ1) is 11.9. The lowest BCUT2D eigenvalue weighted by Crippen LogP contribution is -2.20. The van der Waals surface area contributed by atoms with Crippen molar-refractivity contribution in [2.24, 2.45) is 0 Å². The molecule has 0 unspecified atom stereocenters. The summed E-state index contributed by atoms with van der Waals surface area (Å²) in [6.45, 7) is 1.32. The molecule has 1 N–H and O–H groups in total. The highest BCUT2D eigenvalue weighted by atomic mass is 16.5. The van der Waals surface area contributed by atoms with E-state index in [9.17, 15) is 9.59 Å². The van der Waals surface area contributed by atoms with Gasteiger partial charge in [0.05, 0.1) is 7.11 Å². The van der Waals surface area contributed by atoms with Gasteiger partial charge in [-0.1, -0.05) is 0 Å². The zero-order chi connectivity index (χ0) is 18.4. The first-order valence-corrected chi connectivity index (χ1v) is 7.79. The summed E-state index contributed by atoms with van der Waals surface area (Å²) < 4.78 is 10.7. The van der Waals surface area contributed by atoms with E-state index in [1.807, 2.05) is 43.3 Å². The molecule has 6 nitrogen and oxygen atoms in total. The number of nitrogens with one attached hydrogen (secondary N) is 1. The normalized spacial score (nSPS) is 10.1. The van der Waals surface area contributed by atoms with Crippen molar-refractivity contribution in [3.05, 3.63) is 48.0 Å². The van der Waals surface area contributed by atoms with Crippen LogP contribution >= 0.6 is 0 Å². The standard InChI is InChI=1S/C19H22N2O4/c1-13(22)14-5-10-17(18(11-14)24-4)25-12-19(23)20-15-6-8-16(9-7-15)21(2)3/h5-11H,12H2,1-4H3,(H,20,23). The minimum atomic E-state index is -0.282.